The van der Waals surface area contributed by atoms with Gasteiger partial charge in [0.05, 0.1) is 23.3 Å². The average molecular weight is 456 g/mol. The van der Waals surface area contributed by atoms with Gasteiger partial charge in [-0.05, 0) is 44.3 Å². The summed E-state index contributed by atoms with van der Waals surface area (Å²) in [6.07, 6.45) is 1.68. The minimum Gasteiger partial charge on any atom is -0.354 e. The van der Waals surface area contributed by atoms with E-state index in [2.05, 4.69) is 53.4 Å². The second-order valence-corrected chi connectivity index (χ2v) is 7.98. The Morgan fingerprint density at radius 2 is 1.93 bits per heavy atom. The zero-order valence-electron chi connectivity index (χ0n) is 16.3. The van der Waals surface area contributed by atoms with Crippen LogP contribution in [-0.2, 0) is 0 Å². The van der Waals surface area contributed by atoms with Crippen molar-refractivity contribution in [2.24, 2.45) is 0 Å². The monoisotopic (exact) mass is 455 g/mol. The number of pyridine rings is 1. The van der Waals surface area contributed by atoms with E-state index in [-0.39, 0.29) is 11.6 Å². The molecule has 1 saturated heterocycles. The summed E-state index contributed by atoms with van der Waals surface area (Å²) in [7, 11) is 2.12. The second kappa shape index (κ2) is 8.30. The van der Waals surface area contributed by atoms with Crippen molar-refractivity contribution in [2.45, 2.75) is 6.92 Å². The number of rotatable bonds is 4. The van der Waals surface area contributed by atoms with Crippen LogP contribution in [0.4, 0.5) is 11.5 Å². The maximum Gasteiger partial charge on any atom is 0.278 e. The Kier molecular flexibility index (Phi) is 5.59. The number of hydrogen-bond donors (Lipinski definition) is 1. The van der Waals surface area contributed by atoms with Crippen molar-refractivity contribution in [3.8, 4) is 5.69 Å². The predicted molar refractivity (Wildman–Crippen MR) is 116 cm³/mol. The zero-order valence-corrected chi connectivity index (χ0v) is 17.9. The number of nitrogens with zero attached hydrogens (tertiary/aromatic N) is 6. The van der Waals surface area contributed by atoms with Crippen molar-refractivity contribution in [1.29, 1.82) is 0 Å². The fourth-order valence-electron chi connectivity index (χ4n) is 3.26. The first kappa shape index (κ1) is 19.5. The number of benzene rings is 1. The summed E-state index contributed by atoms with van der Waals surface area (Å²) in [5.41, 5.74) is 2.42. The van der Waals surface area contributed by atoms with Gasteiger partial charge in [0.2, 0.25) is 0 Å². The molecule has 1 aromatic carbocycles. The van der Waals surface area contributed by atoms with E-state index in [1.165, 1.54) is 0 Å². The summed E-state index contributed by atoms with van der Waals surface area (Å²) in [6.45, 7) is 5.77. The van der Waals surface area contributed by atoms with Crippen LogP contribution < -0.4 is 10.2 Å². The molecule has 8 nitrogen and oxygen atoms in total. The van der Waals surface area contributed by atoms with Gasteiger partial charge in [-0.3, -0.25) is 4.79 Å². The van der Waals surface area contributed by atoms with Gasteiger partial charge >= 0.3 is 0 Å². The third-order valence-electron chi connectivity index (χ3n) is 5.00. The summed E-state index contributed by atoms with van der Waals surface area (Å²) in [5.74, 6) is 0.616. The van der Waals surface area contributed by atoms with E-state index < -0.39 is 0 Å². The Bertz CT molecular complexity index is 1010. The molecule has 0 atom stereocenters. The van der Waals surface area contributed by atoms with Gasteiger partial charge in [-0.2, -0.15) is 0 Å². The number of halogens is 1. The van der Waals surface area contributed by atoms with E-state index in [4.69, 9.17) is 0 Å². The van der Waals surface area contributed by atoms with Gasteiger partial charge in [0.1, 0.15) is 5.82 Å². The first-order chi connectivity index (χ1) is 14.0. The van der Waals surface area contributed by atoms with Gasteiger partial charge in [-0.15, -0.1) is 5.10 Å². The van der Waals surface area contributed by atoms with Crippen LogP contribution in [0.25, 0.3) is 5.69 Å². The van der Waals surface area contributed by atoms with Crippen LogP contribution in [0.1, 0.15) is 16.2 Å². The molecule has 1 fully saturated rings. The van der Waals surface area contributed by atoms with E-state index in [1.807, 2.05) is 43.3 Å². The third-order valence-corrected chi connectivity index (χ3v) is 5.49. The van der Waals surface area contributed by atoms with Gasteiger partial charge in [-0.25, -0.2) is 9.67 Å². The number of hydrogen-bond acceptors (Lipinski definition) is 6. The number of piperazine rings is 1. The maximum atomic E-state index is 12.7. The molecule has 0 radical (unpaired) electrons. The van der Waals surface area contributed by atoms with Crippen molar-refractivity contribution in [3.05, 3.63) is 58.5 Å². The molecule has 1 N–H and O–H groups in total. The Labute approximate surface area is 177 Å². The summed E-state index contributed by atoms with van der Waals surface area (Å²) in [6, 6.07) is 11.5. The molecule has 3 heterocycles. The van der Waals surface area contributed by atoms with Gasteiger partial charge in [0.15, 0.2) is 5.69 Å². The lowest BCUT2D eigenvalue weighted by molar-refractivity contribution is 0.102. The standard InChI is InChI=1S/C20H22BrN7O/c1-14-19(24-25-28(14)17-5-3-4-15(21)12-17)20(29)23-16-6-7-18(22-13-16)27-10-8-26(2)9-11-27/h3-7,12-13H,8-11H2,1-2H3,(H,23,29). The van der Waals surface area contributed by atoms with Crippen molar-refractivity contribution >= 4 is 33.3 Å². The van der Waals surface area contributed by atoms with Crippen LogP contribution in [0.5, 0.6) is 0 Å². The van der Waals surface area contributed by atoms with E-state index in [1.54, 1.807) is 10.9 Å². The molecule has 9 heteroatoms. The topological polar surface area (TPSA) is 79.2 Å². The van der Waals surface area contributed by atoms with Gasteiger partial charge in [0, 0.05) is 30.7 Å². The maximum absolute atomic E-state index is 12.7. The van der Waals surface area contributed by atoms with Crippen LogP contribution in [0.15, 0.2) is 47.1 Å². The van der Waals surface area contributed by atoms with Crippen molar-refractivity contribution in [1.82, 2.24) is 24.9 Å². The molecule has 0 unspecified atom stereocenters. The molecule has 1 aliphatic rings. The molecule has 0 spiro atoms. The highest BCUT2D eigenvalue weighted by molar-refractivity contribution is 9.10. The van der Waals surface area contributed by atoms with E-state index in [9.17, 15) is 4.79 Å². The number of nitrogens with one attached hydrogen (secondary N) is 1. The fourth-order valence-corrected chi connectivity index (χ4v) is 3.65. The van der Waals surface area contributed by atoms with E-state index >= 15 is 0 Å². The lowest BCUT2D eigenvalue weighted by atomic mass is 10.2. The number of aromatic nitrogens is 4. The van der Waals surface area contributed by atoms with Crippen LogP contribution >= 0.6 is 15.9 Å². The summed E-state index contributed by atoms with van der Waals surface area (Å²) < 4.78 is 2.58. The zero-order chi connectivity index (χ0) is 20.4. The molecule has 0 saturated carbocycles. The smallest absolute Gasteiger partial charge is 0.278 e. The molecule has 0 bridgehead atoms. The van der Waals surface area contributed by atoms with Crippen molar-refractivity contribution in [2.75, 3.05) is 43.4 Å². The molecule has 150 valence electrons. The molecule has 29 heavy (non-hydrogen) atoms. The van der Waals surface area contributed by atoms with Crippen molar-refractivity contribution < 1.29 is 4.79 Å². The van der Waals surface area contributed by atoms with E-state index in [0.29, 0.717) is 11.4 Å². The molecular formula is C20H22BrN7O. The molecular weight excluding hydrogens is 434 g/mol. The van der Waals surface area contributed by atoms with Crippen LogP contribution in [0.2, 0.25) is 0 Å². The predicted octanol–water partition coefficient (Wildman–Crippen LogP) is 2.74. The lowest BCUT2D eigenvalue weighted by Gasteiger charge is -2.33. The van der Waals surface area contributed by atoms with Gasteiger partial charge < -0.3 is 15.1 Å². The number of likely N-dealkylation sites (N-methyl/N-ethyl adjacent to an activating group) is 1. The van der Waals surface area contributed by atoms with Crippen LogP contribution in [-0.4, -0.2) is 64.0 Å². The van der Waals surface area contributed by atoms with Gasteiger partial charge in [0.25, 0.3) is 5.91 Å². The Morgan fingerprint density at radius 3 is 2.62 bits per heavy atom. The Balaban J connectivity index is 1.46. The SMILES string of the molecule is Cc1c(C(=O)Nc2ccc(N3CCN(C)CC3)nc2)nnn1-c1cccc(Br)c1. The van der Waals surface area contributed by atoms with Crippen molar-refractivity contribution in [3.63, 3.8) is 0 Å². The summed E-state index contributed by atoms with van der Waals surface area (Å²) in [4.78, 5) is 21.7. The average Bonchev–Trinajstić information content (AvgIpc) is 3.11. The minimum absolute atomic E-state index is 0.285. The largest absolute Gasteiger partial charge is 0.354 e. The number of amides is 1. The molecule has 1 aliphatic heterocycles. The highest BCUT2D eigenvalue weighted by atomic mass is 79.9. The first-order valence-electron chi connectivity index (χ1n) is 9.40. The normalized spacial score (nSPS) is 14.8. The molecule has 4 rings (SSSR count). The minimum atomic E-state index is -0.308. The Hall–Kier alpha value is -2.78. The highest BCUT2D eigenvalue weighted by Gasteiger charge is 2.19. The number of carbonyl (C=O) groups excluding carboxylic acids is 1. The van der Waals surface area contributed by atoms with Crippen LogP contribution in [0, 0.1) is 6.92 Å². The first-order valence-corrected chi connectivity index (χ1v) is 10.2. The molecule has 3 aromatic rings. The third kappa shape index (κ3) is 4.30. The summed E-state index contributed by atoms with van der Waals surface area (Å²) >= 11 is 3.45. The molecule has 2 aromatic heterocycles. The highest BCUT2D eigenvalue weighted by Crippen LogP contribution is 2.19. The second-order valence-electron chi connectivity index (χ2n) is 7.06. The van der Waals surface area contributed by atoms with Gasteiger partial charge in [-0.1, -0.05) is 27.2 Å². The molecule has 1 amide bonds. The lowest BCUT2D eigenvalue weighted by Crippen LogP contribution is -2.44. The number of anilines is 2. The fraction of sp³-hybridized carbons (Fsp3) is 0.300. The van der Waals surface area contributed by atoms with Crippen LogP contribution in [0.3, 0.4) is 0 Å². The number of carbonyl (C=O) groups is 1. The quantitative estimate of drug-likeness (QED) is 0.651. The molecule has 0 aliphatic carbocycles. The van der Waals surface area contributed by atoms with E-state index in [0.717, 1.165) is 42.2 Å². The summed E-state index contributed by atoms with van der Waals surface area (Å²) in [5, 5.41) is 11.1. The Morgan fingerprint density at radius 1 is 1.14 bits per heavy atom.